The van der Waals surface area contributed by atoms with Gasteiger partial charge in [-0.3, -0.25) is 28.9 Å². The Hall–Kier alpha value is -4.49. The highest BCUT2D eigenvalue weighted by Crippen LogP contribution is 2.29. The predicted molar refractivity (Wildman–Crippen MR) is 166 cm³/mol. The number of fused-ring (bicyclic) bond motifs is 1. The second-order valence-corrected chi connectivity index (χ2v) is 9.18. The van der Waals surface area contributed by atoms with Gasteiger partial charge in [0, 0.05) is 35.6 Å². The SMILES string of the molecule is Cl.Cl.NC(=O)c1ccc2c(c1)N(C(=O)C[C@H](N)C(=O)O)CC2.NCc1cccc(C(=O)N(CC(=O)O)c2ccccc2)c1. The van der Waals surface area contributed by atoms with Gasteiger partial charge in [0.15, 0.2) is 0 Å². The Labute approximate surface area is 260 Å². The summed E-state index contributed by atoms with van der Waals surface area (Å²) >= 11 is 0. The summed E-state index contributed by atoms with van der Waals surface area (Å²) < 4.78 is 0. The standard InChI is InChI=1S/C16H16N2O3.C13H15N3O4.2ClH/c17-10-12-5-4-6-13(9-12)16(21)18(11-15(19)20)14-7-2-1-3-8-14;14-9(13(19)20)6-11(17)16-4-3-7-1-2-8(12(15)18)5-10(7)16;;/h1-9H,10-11,17H2,(H,19,20);1-2,5,9H,3-4,6,14H2,(H2,15,18)(H,19,20);2*1H/t;9-;;/m.0../s1. The Bertz CT molecular complexity index is 1460. The Morgan fingerprint density at radius 1 is 0.884 bits per heavy atom. The van der Waals surface area contributed by atoms with Gasteiger partial charge in [-0.25, -0.2) is 0 Å². The minimum absolute atomic E-state index is 0. The van der Waals surface area contributed by atoms with Crippen LogP contribution in [0.4, 0.5) is 11.4 Å². The Kier molecular flexibility index (Phi) is 14.3. The predicted octanol–water partition coefficient (Wildman–Crippen LogP) is 2.20. The first-order valence-electron chi connectivity index (χ1n) is 12.6. The van der Waals surface area contributed by atoms with Crippen LogP contribution in [0.25, 0.3) is 0 Å². The number of carbonyl (C=O) groups excluding carboxylic acids is 3. The number of amides is 3. The lowest BCUT2D eigenvalue weighted by Gasteiger charge is -2.21. The number of rotatable bonds is 9. The van der Waals surface area contributed by atoms with Crippen LogP contribution < -0.4 is 27.0 Å². The third kappa shape index (κ3) is 9.79. The van der Waals surface area contributed by atoms with E-state index in [0.29, 0.717) is 42.0 Å². The minimum Gasteiger partial charge on any atom is -0.480 e. The Morgan fingerprint density at radius 2 is 1.56 bits per heavy atom. The molecule has 0 spiro atoms. The lowest BCUT2D eigenvalue weighted by Crippen LogP contribution is -2.38. The first-order valence-corrected chi connectivity index (χ1v) is 12.6. The lowest BCUT2D eigenvalue weighted by atomic mass is 10.1. The summed E-state index contributed by atoms with van der Waals surface area (Å²) in [5, 5.41) is 17.8. The van der Waals surface area contributed by atoms with E-state index in [1.807, 2.05) is 12.1 Å². The summed E-state index contributed by atoms with van der Waals surface area (Å²) in [5.41, 5.74) is 19.8. The van der Waals surface area contributed by atoms with Crippen molar-refractivity contribution in [3.8, 4) is 0 Å². The normalized spacial score (nSPS) is 11.8. The van der Waals surface area contributed by atoms with Gasteiger partial charge in [-0.05, 0) is 53.9 Å². The average Bonchev–Trinajstić information content (AvgIpc) is 3.40. The molecule has 1 aliphatic heterocycles. The topological polar surface area (TPSA) is 210 Å². The summed E-state index contributed by atoms with van der Waals surface area (Å²) in [6, 6.07) is 19.3. The maximum Gasteiger partial charge on any atom is 0.323 e. The van der Waals surface area contributed by atoms with Crippen molar-refractivity contribution in [1.29, 1.82) is 0 Å². The van der Waals surface area contributed by atoms with Crippen molar-refractivity contribution in [2.45, 2.75) is 25.4 Å². The zero-order valence-corrected chi connectivity index (χ0v) is 24.6. The van der Waals surface area contributed by atoms with E-state index in [-0.39, 0.29) is 43.0 Å². The van der Waals surface area contributed by atoms with Crippen LogP contribution in [0.1, 0.15) is 38.3 Å². The number of hydrogen-bond donors (Lipinski definition) is 5. The molecule has 8 N–H and O–H groups in total. The molecule has 12 nitrogen and oxygen atoms in total. The molecule has 0 aliphatic carbocycles. The zero-order chi connectivity index (χ0) is 30.1. The van der Waals surface area contributed by atoms with Crippen LogP contribution >= 0.6 is 24.8 Å². The number of nitrogens with zero attached hydrogens (tertiary/aromatic N) is 2. The van der Waals surface area contributed by atoms with Crippen molar-refractivity contribution >= 4 is 65.8 Å². The van der Waals surface area contributed by atoms with Crippen LogP contribution in [0.15, 0.2) is 72.8 Å². The molecule has 4 rings (SSSR count). The van der Waals surface area contributed by atoms with Crippen molar-refractivity contribution in [1.82, 2.24) is 0 Å². The van der Waals surface area contributed by atoms with Crippen molar-refractivity contribution in [3.63, 3.8) is 0 Å². The molecule has 0 saturated heterocycles. The Morgan fingerprint density at radius 3 is 2.14 bits per heavy atom. The molecule has 0 unspecified atom stereocenters. The summed E-state index contributed by atoms with van der Waals surface area (Å²) in [6.45, 7) is 0.379. The van der Waals surface area contributed by atoms with Crippen LogP contribution in [0.5, 0.6) is 0 Å². The van der Waals surface area contributed by atoms with Crippen LogP contribution in [0, 0.1) is 0 Å². The maximum absolute atomic E-state index is 12.6. The fourth-order valence-electron chi connectivity index (χ4n) is 4.19. The molecule has 3 amide bonds. The molecule has 0 saturated carbocycles. The second-order valence-electron chi connectivity index (χ2n) is 9.18. The van der Waals surface area contributed by atoms with Gasteiger partial charge in [-0.1, -0.05) is 36.4 Å². The molecule has 0 fully saturated rings. The number of benzene rings is 3. The summed E-state index contributed by atoms with van der Waals surface area (Å²) in [7, 11) is 0. The summed E-state index contributed by atoms with van der Waals surface area (Å²) in [6.07, 6.45) is 0.373. The van der Waals surface area contributed by atoms with Gasteiger partial charge in [-0.2, -0.15) is 0 Å². The van der Waals surface area contributed by atoms with Crippen LogP contribution in [0.3, 0.4) is 0 Å². The zero-order valence-electron chi connectivity index (χ0n) is 22.9. The number of para-hydroxylation sites is 1. The molecule has 230 valence electrons. The Balaban J connectivity index is 0.000000411. The van der Waals surface area contributed by atoms with E-state index in [9.17, 15) is 24.0 Å². The number of aliphatic carboxylic acids is 2. The first-order chi connectivity index (χ1) is 19.5. The first kappa shape index (κ1) is 36.5. The number of carbonyl (C=O) groups is 5. The van der Waals surface area contributed by atoms with Crippen LogP contribution in [-0.4, -0.2) is 59.0 Å². The van der Waals surface area contributed by atoms with Crippen LogP contribution in [0.2, 0.25) is 0 Å². The van der Waals surface area contributed by atoms with E-state index >= 15 is 0 Å². The van der Waals surface area contributed by atoms with E-state index in [1.165, 1.54) is 9.80 Å². The number of hydrogen-bond acceptors (Lipinski definition) is 7. The van der Waals surface area contributed by atoms with E-state index in [1.54, 1.807) is 60.7 Å². The van der Waals surface area contributed by atoms with Gasteiger partial charge in [0.25, 0.3) is 5.91 Å². The van der Waals surface area contributed by atoms with Crippen molar-refractivity contribution in [3.05, 3.63) is 95.1 Å². The number of primary amides is 1. The highest BCUT2D eigenvalue weighted by Gasteiger charge is 2.28. The monoisotopic (exact) mass is 633 g/mol. The smallest absolute Gasteiger partial charge is 0.323 e. The summed E-state index contributed by atoms with van der Waals surface area (Å²) in [5.74, 6) is -3.60. The molecule has 3 aromatic rings. The van der Waals surface area contributed by atoms with Crippen molar-refractivity contribution < 1.29 is 34.2 Å². The van der Waals surface area contributed by atoms with Gasteiger partial charge in [0.05, 0.1) is 6.42 Å². The number of nitrogens with two attached hydrogens (primary N) is 3. The molecule has 0 radical (unpaired) electrons. The largest absolute Gasteiger partial charge is 0.480 e. The van der Waals surface area contributed by atoms with E-state index in [4.69, 9.17) is 27.4 Å². The molecular weight excluding hydrogens is 601 g/mol. The van der Waals surface area contributed by atoms with Gasteiger partial charge in [0.2, 0.25) is 11.8 Å². The van der Waals surface area contributed by atoms with Gasteiger partial charge < -0.3 is 32.3 Å². The molecule has 0 bridgehead atoms. The number of carboxylic acids is 2. The quantitative estimate of drug-likeness (QED) is 0.233. The third-order valence-electron chi connectivity index (χ3n) is 6.29. The minimum atomic E-state index is -1.23. The van der Waals surface area contributed by atoms with Crippen molar-refractivity contribution in [2.75, 3.05) is 22.9 Å². The molecule has 1 aliphatic rings. The van der Waals surface area contributed by atoms with Gasteiger partial charge in [0.1, 0.15) is 12.6 Å². The summed E-state index contributed by atoms with van der Waals surface area (Å²) in [4.78, 5) is 60.2. The van der Waals surface area contributed by atoms with Gasteiger partial charge >= 0.3 is 11.9 Å². The van der Waals surface area contributed by atoms with E-state index in [0.717, 1.165) is 11.1 Å². The number of carboxylic acid groups (broad SMARTS) is 2. The van der Waals surface area contributed by atoms with E-state index < -0.39 is 30.4 Å². The molecule has 14 heteroatoms. The van der Waals surface area contributed by atoms with E-state index in [2.05, 4.69) is 0 Å². The molecule has 1 atom stereocenters. The third-order valence-corrected chi connectivity index (χ3v) is 6.29. The average molecular weight is 635 g/mol. The lowest BCUT2D eigenvalue weighted by molar-refractivity contribution is -0.140. The molecular formula is C29H33Cl2N5O7. The number of halogens is 2. The number of anilines is 2. The van der Waals surface area contributed by atoms with Crippen molar-refractivity contribution in [2.24, 2.45) is 17.2 Å². The fourth-order valence-corrected chi connectivity index (χ4v) is 4.19. The van der Waals surface area contributed by atoms with Crippen LogP contribution in [-0.2, 0) is 27.3 Å². The second kappa shape index (κ2) is 16.8. The molecule has 43 heavy (non-hydrogen) atoms. The molecule has 3 aromatic carbocycles. The fraction of sp³-hybridized carbons (Fsp3) is 0.207. The molecule has 0 aromatic heterocycles. The highest BCUT2D eigenvalue weighted by atomic mass is 35.5. The maximum atomic E-state index is 12.6. The highest BCUT2D eigenvalue weighted by molar-refractivity contribution is 6.08. The molecule has 1 heterocycles. The van der Waals surface area contributed by atoms with Gasteiger partial charge in [-0.15, -0.1) is 24.8 Å².